The van der Waals surface area contributed by atoms with E-state index in [0.717, 1.165) is 19.3 Å². The molecule has 0 spiro atoms. The highest BCUT2D eigenvalue weighted by molar-refractivity contribution is 5.83. The van der Waals surface area contributed by atoms with E-state index in [1.54, 1.807) is 0 Å². The van der Waals surface area contributed by atoms with Crippen LogP contribution in [0.5, 0.6) is 0 Å². The average Bonchev–Trinajstić information content (AvgIpc) is 2.65. The summed E-state index contributed by atoms with van der Waals surface area (Å²) in [5, 5.41) is 11.8. The van der Waals surface area contributed by atoms with E-state index in [4.69, 9.17) is 5.11 Å². The smallest absolute Gasteiger partial charge is 0.326 e. The second-order valence-corrected chi connectivity index (χ2v) is 4.33. The highest BCUT2D eigenvalue weighted by atomic mass is 16.4. The van der Waals surface area contributed by atoms with Crippen LogP contribution >= 0.6 is 0 Å². The van der Waals surface area contributed by atoms with Gasteiger partial charge < -0.3 is 15.3 Å². The van der Waals surface area contributed by atoms with Gasteiger partial charge in [0.25, 0.3) is 0 Å². The van der Waals surface area contributed by atoms with Crippen molar-refractivity contribution in [2.45, 2.75) is 51.6 Å². The molecule has 2 amide bonds. The number of nitrogens with one attached hydrogen (secondary N) is 1. The van der Waals surface area contributed by atoms with Gasteiger partial charge in [-0.15, -0.1) is 0 Å². The zero-order valence-corrected chi connectivity index (χ0v) is 9.90. The molecule has 1 saturated heterocycles. The molecule has 1 heterocycles. The Balaban J connectivity index is 2.49. The zero-order valence-electron chi connectivity index (χ0n) is 9.90. The van der Waals surface area contributed by atoms with Crippen LogP contribution in [0.4, 0.5) is 4.79 Å². The first-order chi connectivity index (χ1) is 7.56. The Labute approximate surface area is 95.8 Å². The molecule has 5 heteroatoms. The van der Waals surface area contributed by atoms with E-state index in [1.807, 2.05) is 6.92 Å². The molecule has 0 radical (unpaired) electrons. The summed E-state index contributed by atoms with van der Waals surface area (Å²) in [5.41, 5.74) is 0. The van der Waals surface area contributed by atoms with Gasteiger partial charge in [0.15, 0.2) is 0 Å². The maximum Gasteiger partial charge on any atom is 0.326 e. The molecule has 0 aliphatic carbocycles. The molecule has 1 fully saturated rings. The van der Waals surface area contributed by atoms with Crippen molar-refractivity contribution in [2.24, 2.45) is 0 Å². The number of hydrogen-bond acceptors (Lipinski definition) is 2. The predicted octanol–water partition coefficient (Wildman–Crippen LogP) is 1.43. The molecule has 2 unspecified atom stereocenters. The lowest BCUT2D eigenvalue weighted by Crippen LogP contribution is -2.48. The fourth-order valence-electron chi connectivity index (χ4n) is 2.07. The lowest BCUT2D eigenvalue weighted by molar-refractivity contribution is -0.141. The number of carbonyl (C=O) groups is 2. The number of carbonyl (C=O) groups excluding carboxylic acids is 1. The van der Waals surface area contributed by atoms with Crippen LogP contribution in [0.25, 0.3) is 0 Å². The van der Waals surface area contributed by atoms with Gasteiger partial charge in [-0.05, 0) is 26.2 Å². The predicted molar refractivity (Wildman–Crippen MR) is 60.3 cm³/mol. The van der Waals surface area contributed by atoms with Gasteiger partial charge >= 0.3 is 12.0 Å². The first kappa shape index (κ1) is 12.8. The largest absolute Gasteiger partial charge is 0.480 e. The van der Waals surface area contributed by atoms with Crippen LogP contribution in [0.1, 0.15) is 39.5 Å². The van der Waals surface area contributed by atoms with Gasteiger partial charge in [0, 0.05) is 12.6 Å². The van der Waals surface area contributed by atoms with Crippen LogP contribution in [0.2, 0.25) is 0 Å². The Morgan fingerprint density at radius 2 is 2.25 bits per heavy atom. The second kappa shape index (κ2) is 5.72. The molecule has 0 aromatic rings. The monoisotopic (exact) mass is 228 g/mol. The maximum atomic E-state index is 11.8. The number of carboxylic acids is 1. The third-order valence-electron chi connectivity index (χ3n) is 2.89. The molecule has 0 aromatic heterocycles. The summed E-state index contributed by atoms with van der Waals surface area (Å²) in [5.74, 6) is -0.907. The number of rotatable bonds is 4. The third kappa shape index (κ3) is 3.12. The Bertz CT molecular complexity index is 268. The van der Waals surface area contributed by atoms with Gasteiger partial charge in [-0.2, -0.15) is 0 Å². The molecule has 92 valence electrons. The van der Waals surface area contributed by atoms with E-state index in [0.29, 0.717) is 13.0 Å². The van der Waals surface area contributed by atoms with Crippen LogP contribution in [-0.2, 0) is 4.79 Å². The first-order valence-electron chi connectivity index (χ1n) is 5.86. The van der Waals surface area contributed by atoms with Crippen molar-refractivity contribution in [1.29, 1.82) is 0 Å². The number of nitrogens with zero attached hydrogens (tertiary/aromatic N) is 1. The van der Waals surface area contributed by atoms with Crippen molar-refractivity contribution >= 4 is 12.0 Å². The van der Waals surface area contributed by atoms with E-state index in [-0.39, 0.29) is 12.1 Å². The Kier molecular flexibility index (Phi) is 4.58. The SMILES string of the molecule is CCCC(C)NC(=O)N1CCCC1C(=O)O. The molecule has 2 N–H and O–H groups in total. The van der Waals surface area contributed by atoms with Crippen LogP contribution in [-0.4, -0.2) is 40.6 Å². The van der Waals surface area contributed by atoms with E-state index < -0.39 is 12.0 Å². The summed E-state index contributed by atoms with van der Waals surface area (Å²) in [6, 6.07) is -0.785. The summed E-state index contributed by atoms with van der Waals surface area (Å²) in [4.78, 5) is 24.1. The fourth-order valence-corrected chi connectivity index (χ4v) is 2.07. The standard InChI is InChI=1S/C11H20N2O3/c1-3-5-8(2)12-11(16)13-7-4-6-9(13)10(14)15/h8-9H,3-7H2,1-2H3,(H,12,16)(H,14,15). The molecule has 0 saturated carbocycles. The number of aliphatic carboxylic acids is 1. The molecule has 2 atom stereocenters. The van der Waals surface area contributed by atoms with E-state index in [1.165, 1.54) is 4.90 Å². The highest BCUT2D eigenvalue weighted by Crippen LogP contribution is 2.17. The molecule has 1 aliphatic rings. The number of likely N-dealkylation sites (tertiary alicyclic amines) is 1. The van der Waals surface area contributed by atoms with E-state index >= 15 is 0 Å². The molecule has 0 aromatic carbocycles. The number of hydrogen-bond donors (Lipinski definition) is 2. The number of amides is 2. The zero-order chi connectivity index (χ0) is 12.1. The molecule has 0 bridgehead atoms. The normalized spacial score (nSPS) is 21.9. The fraction of sp³-hybridized carbons (Fsp3) is 0.818. The van der Waals surface area contributed by atoms with Gasteiger partial charge in [-0.3, -0.25) is 0 Å². The molecular weight excluding hydrogens is 208 g/mol. The molecular formula is C11H20N2O3. The van der Waals surface area contributed by atoms with Crippen LogP contribution in [0, 0.1) is 0 Å². The van der Waals surface area contributed by atoms with Crippen LogP contribution < -0.4 is 5.32 Å². The van der Waals surface area contributed by atoms with Gasteiger partial charge in [0.05, 0.1) is 0 Å². The minimum Gasteiger partial charge on any atom is -0.480 e. The van der Waals surface area contributed by atoms with Gasteiger partial charge in [-0.1, -0.05) is 13.3 Å². The summed E-state index contributed by atoms with van der Waals surface area (Å²) in [6.45, 7) is 4.54. The lowest BCUT2D eigenvalue weighted by Gasteiger charge is -2.24. The molecule has 1 rings (SSSR count). The minimum absolute atomic E-state index is 0.104. The van der Waals surface area contributed by atoms with Gasteiger partial charge in [-0.25, -0.2) is 9.59 Å². The Hall–Kier alpha value is -1.26. The molecule has 5 nitrogen and oxygen atoms in total. The third-order valence-corrected chi connectivity index (χ3v) is 2.89. The highest BCUT2D eigenvalue weighted by Gasteiger charge is 2.34. The van der Waals surface area contributed by atoms with Crippen molar-refractivity contribution in [2.75, 3.05) is 6.54 Å². The van der Waals surface area contributed by atoms with Crippen molar-refractivity contribution in [1.82, 2.24) is 10.2 Å². The van der Waals surface area contributed by atoms with Crippen molar-refractivity contribution in [3.8, 4) is 0 Å². The molecule has 1 aliphatic heterocycles. The summed E-state index contributed by atoms with van der Waals surface area (Å²) in [7, 11) is 0. The van der Waals surface area contributed by atoms with Gasteiger partial charge in [0.2, 0.25) is 0 Å². The number of carboxylic acid groups (broad SMARTS) is 1. The van der Waals surface area contributed by atoms with Crippen LogP contribution in [0.3, 0.4) is 0 Å². The topological polar surface area (TPSA) is 69.6 Å². The summed E-state index contributed by atoms with van der Waals surface area (Å²) >= 11 is 0. The number of urea groups is 1. The van der Waals surface area contributed by atoms with Crippen molar-refractivity contribution in [3.63, 3.8) is 0 Å². The average molecular weight is 228 g/mol. The van der Waals surface area contributed by atoms with E-state index in [9.17, 15) is 9.59 Å². The Morgan fingerprint density at radius 1 is 1.56 bits per heavy atom. The Morgan fingerprint density at radius 3 is 2.81 bits per heavy atom. The van der Waals surface area contributed by atoms with E-state index in [2.05, 4.69) is 12.2 Å². The van der Waals surface area contributed by atoms with Crippen molar-refractivity contribution < 1.29 is 14.7 Å². The second-order valence-electron chi connectivity index (χ2n) is 4.33. The maximum absolute atomic E-state index is 11.8. The van der Waals surface area contributed by atoms with Crippen LogP contribution in [0.15, 0.2) is 0 Å². The van der Waals surface area contributed by atoms with Gasteiger partial charge in [0.1, 0.15) is 6.04 Å². The van der Waals surface area contributed by atoms with Crippen molar-refractivity contribution in [3.05, 3.63) is 0 Å². The lowest BCUT2D eigenvalue weighted by atomic mass is 10.2. The summed E-state index contributed by atoms with van der Waals surface area (Å²) in [6.07, 6.45) is 3.25. The minimum atomic E-state index is -0.907. The quantitative estimate of drug-likeness (QED) is 0.764. The first-order valence-corrected chi connectivity index (χ1v) is 5.86. The summed E-state index contributed by atoms with van der Waals surface area (Å²) < 4.78 is 0. The molecule has 16 heavy (non-hydrogen) atoms.